The molecule has 1 aromatic carbocycles. The molecule has 0 atom stereocenters. The molecular formula is C12H14N2O. The van der Waals surface area contributed by atoms with Crippen molar-refractivity contribution < 1.29 is 4.74 Å². The summed E-state index contributed by atoms with van der Waals surface area (Å²) in [6.07, 6.45) is 4.83. The highest BCUT2D eigenvalue weighted by Crippen LogP contribution is 2.14. The van der Waals surface area contributed by atoms with E-state index in [9.17, 15) is 0 Å². The molecule has 1 aliphatic heterocycles. The van der Waals surface area contributed by atoms with E-state index < -0.39 is 0 Å². The molecule has 0 amide bonds. The van der Waals surface area contributed by atoms with Crippen molar-refractivity contribution in [2.45, 2.75) is 6.42 Å². The zero-order valence-corrected chi connectivity index (χ0v) is 8.73. The van der Waals surface area contributed by atoms with E-state index in [0.717, 1.165) is 12.2 Å². The van der Waals surface area contributed by atoms with Crippen molar-refractivity contribution in [2.24, 2.45) is 4.99 Å². The summed E-state index contributed by atoms with van der Waals surface area (Å²) in [5, 5.41) is 3.09. The van der Waals surface area contributed by atoms with E-state index in [4.69, 9.17) is 4.74 Å². The van der Waals surface area contributed by atoms with Gasteiger partial charge in [-0.3, -0.25) is 4.99 Å². The number of allylic oxidation sites excluding steroid dienone is 1. The molecule has 0 aromatic heterocycles. The molecule has 0 saturated carbocycles. The lowest BCUT2D eigenvalue weighted by molar-refractivity contribution is 0.414. The second-order valence-corrected chi connectivity index (χ2v) is 3.42. The minimum Gasteiger partial charge on any atom is -0.497 e. The van der Waals surface area contributed by atoms with Gasteiger partial charge in [0.2, 0.25) is 0 Å². The first kappa shape index (κ1) is 9.77. The van der Waals surface area contributed by atoms with Crippen LogP contribution in [0.15, 0.2) is 41.0 Å². The van der Waals surface area contributed by atoms with Crippen LogP contribution in [0.4, 0.5) is 0 Å². The summed E-state index contributed by atoms with van der Waals surface area (Å²) in [5.41, 5.74) is 2.46. The molecule has 1 aliphatic rings. The van der Waals surface area contributed by atoms with Gasteiger partial charge in [0, 0.05) is 18.8 Å². The zero-order chi connectivity index (χ0) is 10.5. The maximum Gasteiger partial charge on any atom is 0.118 e. The summed E-state index contributed by atoms with van der Waals surface area (Å²) in [6, 6.07) is 8.09. The van der Waals surface area contributed by atoms with Crippen molar-refractivity contribution in [3.05, 3.63) is 41.6 Å². The fourth-order valence-electron chi connectivity index (χ4n) is 1.51. The van der Waals surface area contributed by atoms with Gasteiger partial charge >= 0.3 is 0 Å². The molecule has 0 radical (unpaired) electrons. The van der Waals surface area contributed by atoms with Gasteiger partial charge in [0.1, 0.15) is 12.4 Å². The van der Waals surface area contributed by atoms with Gasteiger partial charge in [-0.1, -0.05) is 12.1 Å². The number of benzene rings is 1. The molecule has 3 heteroatoms. The third kappa shape index (κ3) is 2.59. The molecule has 3 nitrogen and oxygen atoms in total. The molecule has 15 heavy (non-hydrogen) atoms. The number of methoxy groups -OCH3 is 1. The summed E-state index contributed by atoms with van der Waals surface area (Å²) >= 11 is 0. The van der Waals surface area contributed by atoms with E-state index >= 15 is 0 Å². The van der Waals surface area contributed by atoms with Crippen molar-refractivity contribution >= 4 is 6.21 Å². The molecule has 0 spiro atoms. The quantitative estimate of drug-likeness (QED) is 0.810. The van der Waals surface area contributed by atoms with Gasteiger partial charge in [0.05, 0.1) is 7.11 Å². The van der Waals surface area contributed by atoms with Crippen LogP contribution in [0.5, 0.6) is 5.75 Å². The highest BCUT2D eigenvalue weighted by atomic mass is 16.5. The van der Waals surface area contributed by atoms with Crippen LogP contribution in [-0.2, 0) is 6.42 Å². The molecule has 0 bridgehead atoms. The number of nitrogens with one attached hydrogen (secondary N) is 1. The Labute approximate surface area is 89.5 Å². The van der Waals surface area contributed by atoms with Crippen molar-refractivity contribution in [1.82, 2.24) is 5.32 Å². The Bertz CT molecular complexity index is 379. The van der Waals surface area contributed by atoms with Crippen LogP contribution < -0.4 is 10.1 Å². The highest BCUT2D eigenvalue weighted by molar-refractivity contribution is 5.79. The van der Waals surface area contributed by atoms with E-state index in [1.807, 2.05) is 24.5 Å². The Kier molecular flexibility index (Phi) is 3.02. The third-order valence-corrected chi connectivity index (χ3v) is 2.29. The molecule has 0 fully saturated rings. The SMILES string of the molecule is COc1ccc(CC2=CNCN=C2)cc1. The molecule has 1 N–H and O–H groups in total. The van der Waals surface area contributed by atoms with Gasteiger partial charge in [-0.25, -0.2) is 0 Å². The Morgan fingerprint density at radius 2 is 2.13 bits per heavy atom. The minimum absolute atomic E-state index is 0.687. The topological polar surface area (TPSA) is 33.6 Å². The standard InChI is InChI=1S/C12H14N2O/c1-15-12-4-2-10(3-5-12)6-11-7-13-9-14-8-11/h2-5,7-8,13H,6,9H2,1H3. The van der Waals surface area contributed by atoms with Gasteiger partial charge < -0.3 is 10.1 Å². The van der Waals surface area contributed by atoms with E-state index in [0.29, 0.717) is 6.67 Å². The molecular weight excluding hydrogens is 188 g/mol. The zero-order valence-electron chi connectivity index (χ0n) is 8.73. The molecule has 0 saturated heterocycles. The summed E-state index contributed by atoms with van der Waals surface area (Å²) < 4.78 is 5.11. The summed E-state index contributed by atoms with van der Waals surface area (Å²) in [5.74, 6) is 0.892. The van der Waals surface area contributed by atoms with Crippen molar-refractivity contribution in [3.8, 4) is 5.75 Å². The van der Waals surface area contributed by atoms with E-state index in [2.05, 4.69) is 22.4 Å². The first-order valence-corrected chi connectivity index (χ1v) is 4.93. The molecule has 0 aliphatic carbocycles. The lowest BCUT2D eigenvalue weighted by atomic mass is 10.1. The first-order valence-electron chi connectivity index (χ1n) is 4.93. The number of ether oxygens (including phenoxy) is 1. The highest BCUT2D eigenvalue weighted by Gasteiger charge is 2.00. The second kappa shape index (κ2) is 4.64. The van der Waals surface area contributed by atoms with Crippen LogP contribution in [0.1, 0.15) is 5.56 Å². The molecule has 1 aromatic rings. The second-order valence-electron chi connectivity index (χ2n) is 3.42. The molecule has 78 valence electrons. The third-order valence-electron chi connectivity index (χ3n) is 2.29. The minimum atomic E-state index is 0.687. The van der Waals surface area contributed by atoms with Crippen LogP contribution in [0.2, 0.25) is 0 Å². The van der Waals surface area contributed by atoms with Crippen molar-refractivity contribution in [1.29, 1.82) is 0 Å². The average molecular weight is 202 g/mol. The number of rotatable bonds is 3. The molecule has 0 unspecified atom stereocenters. The predicted molar refractivity (Wildman–Crippen MR) is 61.3 cm³/mol. The van der Waals surface area contributed by atoms with Gasteiger partial charge in [0.25, 0.3) is 0 Å². The van der Waals surface area contributed by atoms with Gasteiger partial charge in [0.15, 0.2) is 0 Å². The van der Waals surface area contributed by atoms with Gasteiger partial charge in [-0.2, -0.15) is 0 Å². The smallest absolute Gasteiger partial charge is 0.118 e. The van der Waals surface area contributed by atoms with Crippen LogP contribution >= 0.6 is 0 Å². The van der Waals surface area contributed by atoms with Crippen LogP contribution in [-0.4, -0.2) is 20.0 Å². The normalized spacial score (nSPS) is 14.3. The fourth-order valence-corrected chi connectivity index (χ4v) is 1.51. The first-order chi connectivity index (χ1) is 7.38. The van der Waals surface area contributed by atoms with E-state index in [1.165, 1.54) is 11.1 Å². The summed E-state index contributed by atoms with van der Waals surface area (Å²) in [7, 11) is 1.68. The van der Waals surface area contributed by atoms with Gasteiger partial charge in [-0.15, -0.1) is 0 Å². The Morgan fingerprint density at radius 3 is 2.73 bits per heavy atom. The summed E-state index contributed by atoms with van der Waals surface area (Å²) in [6.45, 7) is 0.687. The largest absolute Gasteiger partial charge is 0.497 e. The molecule has 1 heterocycles. The van der Waals surface area contributed by atoms with Crippen LogP contribution in [0, 0.1) is 0 Å². The predicted octanol–water partition coefficient (Wildman–Crippen LogP) is 1.75. The van der Waals surface area contributed by atoms with E-state index in [-0.39, 0.29) is 0 Å². The number of hydrogen-bond acceptors (Lipinski definition) is 3. The fraction of sp³-hybridized carbons (Fsp3) is 0.250. The summed E-state index contributed by atoms with van der Waals surface area (Å²) in [4.78, 5) is 4.16. The van der Waals surface area contributed by atoms with Crippen LogP contribution in [0.25, 0.3) is 0 Å². The monoisotopic (exact) mass is 202 g/mol. The van der Waals surface area contributed by atoms with Crippen LogP contribution in [0.3, 0.4) is 0 Å². The number of nitrogens with zero attached hydrogens (tertiary/aromatic N) is 1. The molecule has 2 rings (SSSR count). The lowest BCUT2D eigenvalue weighted by Gasteiger charge is -2.08. The maximum absolute atomic E-state index is 5.11. The number of aliphatic imine (C=N–C) groups is 1. The van der Waals surface area contributed by atoms with E-state index in [1.54, 1.807) is 7.11 Å². The van der Waals surface area contributed by atoms with Gasteiger partial charge in [-0.05, 0) is 23.3 Å². The number of hydrogen-bond donors (Lipinski definition) is 1. The average Bonchev–Trinajstić information content (AvgIpc) is 2.31. The lowest BCUT2D eigenvalue weighted by Crippen LogP contribution is -2.12. The van der Waals surface area contributed by atoms with Crippen molar-refractivity contribution in [3.63, 3.8) is 0 Å². The Hall–Kier alpha value is -1.77. The maximum atomic E-state index is 5.11. The Morgan fingerprint density at radius 1 is 1.33 bits per heavy atom. The van der Waals surface area contributed by atoms with Crippen molar-refractivity contribution in [2.75, 3.05) is 13.8 Å². The Balaban J connectivity index is 2.04.